The normalized spacial score (nSPS) is 39.1. The Hall–Kier alpha value is -3.84. The molecule has 0 bridgehead atoms. The monoisotopic (exact) mass is 1340 g/mol. The Morgan fingerprint density at radius 3 is 1.74 bits per heavy atom. The first kappa shape index (κ1) is 77.5. The molecule has 536 valence electrons. The summed E-state index contributed by atoms with van der Waals surface area (Å²) >= 11 is 0. The number of unbranched alkanes of at least 4 members (excludes halogenated alkanes) is 8. The number of benzene rings is 1. The third kappa shape index (κ3) is 21.8. The van der Waals surface area contributed by atoms with E-state index in [1.165, 1.54) is 33.8 Å². The van der Waals surface area contributed by atoms with E-state index in [-0.39, 0.29) is 18.9 Å². The van der Waals surface area contributed by atoms with Crippen molar-refractivity contribution < 1.29 is 121 Å². The minimum absolute atomic E-state index is 0.0417. The molecule has 1 aromatic carbocycles. The van der Waals surface area contributed by atoms with Gasteiger partial charge < -0.3 is 102 Å². The molecule has 0 unspecified atom stereocenters. The van der Waals surface area contributed by atoms with Gasteiger partial charge in [-0.25, -0.2) is 4.79 Å². The second kappa shape index (κ2) is 38.5. The summed E-state index contributed by atoms with van der Waals surface area (Å²) < 4.78 is 89.3. The van der Waals surface area contributed by atoms with Crippen LogP contribution in [0.3, 0.4) is 0 Å². The van der Waals surface area contributed by atoms with Crippen LogP contribution in [0.4, 0.5) is 0 Å². The van der Waals surface area contributed by atoms with E-state index < -0.39 is 183 Å². The van der Waals surface area contributed by atoms with Crippen LogP contribution >= 0.6 is 0 Å². The molecule has 6 aliphatic heterocycles. The lowest BCUT2D eigenvalue weighted by atomic mass is 9.95. The fourth-order valence-corrected chi connectivity index (χ4v) is 12.8. The molecule has 7 rings (SSSR count). The van der Waals surface area contributed by atoms with Crippen LogP contribution in [0, 0.1) is 5.92 Å². The molecule has 6 heterocycles. The summed E-state index contributed by atoms with van der Waals surface area (Å²) in [4.78, 5) is 55.4. The zero-order valence-corrected chi connectivity index (χ0v) is 56.5. The van der Waals surface area contributed by atoms with Gasteiger partial charge in [-0.15, -0.1) is 0 Å². The standard InChI is InChI=1S/C69H110O25/c1-10-12-14-15-17-21-28-34-46(70)87-56-41(7)83-67(60(54(56)78)89-48(72)37-36-44-30-25-23-26-31-44)92-58-43(9)85-69(63(90-64(80)38(3)4)62(58)94-65-53(77)51(75)49(73)39(5)81-65)91-57-42(8)84-68-61(55(57)79)88-47(71)35-29-22-19-16-18-20-27-33-45(32-24-13-11-2)86-66-59(93-68)52(76)50(74)40(6)82-66/h23,25-26,30-31,36-43,45,49-63,65-69,73-79H,10-22,24,27-29,32-35H2,1-9H3/b37-36+/t39-,40+,41-,42-,43-,45-,49-,50-,51+,52-,53+,54+,55+,56-,57-,58-,59+,60+,61+,62+,63+,65-,66-,67-,68-,69-/m0/s1. The van der Waals surface area contributed by atoms with Gasteiger partial charge in [0.2, 0.25) is 0 Å². The summed E-state index contributed by atoms with van der Waals surface area (Å²) in [7, 11) is 0. The third-order valence-electron chi connectivity index (χ3n) is 18.6. The van der Waals surface area contributed by atoms with Gasteiger partial charge in [-0.2, -0.15) is 0 Å². The van der Waals surface area contributed by atoms with E-state index >= 15 is 0 Å². The molecule has 0 spiro atoms. The Kier molecular flexibility index (Phi) is 31.7. The number of ether oxygens (including phenoxy) is 14. The number of carbonyl (C=O) groups excluding carboxylic acids is 4. The van der Waals surface area contributed by atoms with Gasteiger partial charge in [0, 0.05) is 18.9 Å². The van der Waals surface area contributed by atoms with Crippen LogP contribution in [0.15, 0.2) is 36.4 Å². The first-order valence-electron chi connectivity index (χ1n) is 34.9. The number of rotatable bonds is 24. The van der Waals surface area contributed by atoms with Gasteiger partial charge in [0.05, 0.1) is 42.5 Å². The van der Waals surface area contributed by atoms with E-state index in [2.05, 4.69) is 13.8 Å². The number of carbonyl (C=O) groups is 4. The van der Waals surface area contributed by atoms with E-state index in [9.17, 15) is 54.9 Å². The second-order valence-electron chi connectivity index (χ2n) is 26.6. The van der Waals surface area contributed by atoms with Crippen molar-refractivity contribution in [1.29, 1.82) is 0 Å². The van der Waals surface area contributed by atoms with Crippen molar-refractivity contribution in [3.05, 3.63) is 42.0 Å². The third-order valence-corrected chi connectivity index (χ3v) is 18.6. The Balaban J connectivity index is 1.22. The highest BCUT2D eigenvalue weighted by atomic mass is 16.8. The molecule has 0 aliphatic carbocycles. The number of fused-ring (bicyclic) bond motifs is 2. The summed E-state index contributed by atoms with van der Waals surface area (Å²) in [6, 6.07) is 8.85. The van der Waals surface area contributed by atoms with E-state index in [1.807, 2.05) is 0 Å². The number of hydrogen-bond donors (Lipinski definition) is 7. The second-order valence-corrected chi connectivity index (χ2v) is 26.6. The first-order valence-corrected chi connectivity index (χ1v) is 34.9. The average Bonchev–Trinajstić information content (AvgIpc) is 0.787. The predicted molar refractivity (Wildman–Crippen MR) is 336 cm³/mol. The number of aliphatic hydroxyl groups is 7. The van der Waals surface area contributed by atoms with Crippen LogP contribution < -0.4 is 0 Å². The Morgan fingerprint density at radius 2 is 1.05 bits per heavy atom. The maximum absolute atomic E-state index is 14.1. The van der Waals surface area contributed by atoms with E-state index in [0.717, 1.165) is 102 Å². The molecule has 0 aromatic heterocycles. The van der Waals surface area contributed by atoms with Gasteiger partial charge >= 0.3 is 23.9 Å². The van der Waals surface area contributed by atoms with Crippen LogP contribution in [-0.4, -0.2) is 219 Å². The van der Waals surface area contributed by atoms with Crippen LogP contribution in [0.1, 0.15) is 203 Å². The smallest absolute Gasteiger partial charge is 0.331 e. The molecule has 26 atom stereocenters. The maximum atomic E-state index is 14.1. The molecule has 0 amide bonds. The summed E-state index contributed by atoms with van der Waals surface area (Å²) in [5, 5.41) is 81.6. The fourth-order valence-electron chi connectivity index (χ4n) is 12.8. The number of esters is 4. The highest BCUT2D eigenvalue weighted by Crippen LogP contribution is 2.40. The lowest BCUT2D eigenvalue weighted by Gasteiger charge is -2.51. The summed E-state index contributed by atoms with van der Waals surface area (Å²) in [6.07, 6.45) is -19.9. The summed E-state index contributed by atoms with van der Waals surface area (Å²) in [5.74, 6) is -3.96. The quantitative estimate of drug-likeness (QED) is 0.0254. The van der Waals surface area contributed by atoms with Gasteiger partial charge in [-0.3, -0.25) is 14.4 Å². The molecule has 94 heavy (non-hydrogen) atoms. The van der Waals surface area contributed by atoms with Crippen LogP contribution in [-0.2, 0) is 85.5 Å². The average molecular weight is 1340 g/mol. The summed E-state index contributed by atoms with van der Waals surface area (Å²) in [5.41, 5.74) is 0.646. The highest BCUT2D eigenvalue weighted by Gasteiger charge is 2.59. The molecule has 25 nitrogen and oxygen atoms in total. The zero-order chi connectivity index (χ0) is 68.2. The molecular formula is C69H110O25. The van der Waals surface area contributed by atoms with Crippen LogP contribution in [0.2, 0.25) is 0 Å². The van der Waals surface area contributed by atoms with Crippen molar-refractivity contribution >= 4 is 30.0 Å². The Labute approximate surface area is 553 Å². The maximum Gasteiger partial charge on any atom is 0.331 e. The van der Waals surface area contributed by atoms with Crippen LogP contribution in [0.5, 0.6) is 0 Å². The van der Waals surface area contributed by atoms with Crippen LogP contribution in [0.25, 0.3) is 6.08 Å². The van der Waals surface area contributed by atoms with Gasteiger partial charge in [-0.05, 0) is 71.9 Å². The molecule has 1 aromatic rings. The van der Waals surface area contributed by atoms with Gasteiger partial charge in [-0.1, -0.05) is 154 Å². The molecule has 0 saturated carbocycles. The number of aliphatic hydroxyl groups excluding tert-OH is 7. The molecular weight excluding hydrogens is 1230 g/mol. The molecule has 6 fully saturated rings. The molecule has 0 radical (unpaired) electrons. The largest absolute Gasteiger partial charge is 0.457 e. The van der Waals surface area contributed by atoms with Gasteiger partial charge in [0.15, 0.2) is 55.9 Å². The Morgan fingerprint density at radius 1 is 0.500 bits per heavy atom. The first-order chi connectivity index (χ1) is 45.0. The van der Waals surface area contributed by atoms with Gasteiger partial charge in [0.25, 0.3) is 0 Å². The molecule has 7 N–H and O–H groups in total. The van der Waals surface area contributed by atoms with E-state index in [0.29, 0.717) is 31.2 Å². The number of hydrogen-bond acceptors (Lipinski definition) is 25. The highest BCUT2D eigenvalue weighted by molar-refractivity contribution is 5.87. The van der Waals surface area contributed by atoms with Crippen molar-refractivity contribution in [2.75, 3.05) is 0 Å². The van der Waals surface area contributed by atoms with Crippen molar-refractivity contribution in [3.8, 4) is 0 Å². The van der Waals surface area contributed by atoms with Crippen molar-refractivity contribution in [1.82, 2.24) is 0 Å². The molecule has 25 heteroatoms. The van der Waals surface area contributed by atoms with Crippen molar-refractivity contribution in [2.45, 2.75) is 357 Å². The lowest BCUT2D eigenvalue weighted by molar-refractivity contribution is -0.399. The topological polar surface area (TPSA) is 339 Å². The molecule has 6 aliphatic rings. The minimum atomic E-state index is -1.95. The van der Waals surface area contributed by atoms with Gasteiger partial charge in [0.1, 0.15) is 67.1 Å². The van der Waals surface area contributed by atoms with E-state index in [4.69, 9.17) is 66.3 Å². The zero-order valence-electron chi connectivity index (χ0n) is 56.5. The SMILES string of the molecule is CCCCCCCCCC(=O)O[C@@H]1[C@@H](O)[C@@H](OC(=O)/C=C/c2ccccc2)[C@H](O[C@@H]2[C@@H](O[C@@H]3O[C@@H](C)[C@H](O)[C@@H](O)[C@H]3O)[C@@H](OC(=O)C(C)C)[C@H](O[C@@H]3[C@@H](O)[C@H]4OC(=O)CCCCCCCCC[C@H](CCCCC)O[C@@H]5O[C@H](C)[C@H](O)[C@H](O)[C@H]5O[C@@H]4O[C@H]3C)O[C@H]2C)O[C@H]1C. The summed E-state index contributed by atoms with van der Waals surface area (Å²) in [6.45, 7) is 14.9. The minimum Gasteiger partial charge on any atom is -0.457 e. The lowest BCUT2D eigenvalue weighted by Crippen LogP contribution is -2.68. The fraction of sp³-hybridized carbons (Fsp3) is 0.826. The predicted octanol–water partition coefficient (Wildman–Crippen LogP) is 6.42. The van der Waals surface area contributed by atoms with Crippen molar-refractivity contribution in [3.63, 3.8) is 0 Å². The molecule has 6 saturated heterocycles. The van der Waals surface area contributed by atoms with E-state index in [1.54, 1.807) is 51.1 Å². The van der Waals surface area contributed by atoms with Crippen molar-refractivity contribution in [2.24, 2.45) is 5.92 Å². The Bertz CT molecular complexity index is 2440.